The minimum atomic E-state index is 0.0679. The predicted molar refractivity (Wildman–Crippen MR) is 105 cm³/mol. The van der Waals surface area contributed by atoms with E-state index in [2.05, 4.69) is 16.0 Å². The molecule has 0 bridgehead atoms. The molecule has 0 saturated carbocycles. The Hall–Kier alpha value is -2.28. The summed E-state index contributed by atoms with van der Waals surface area (Å²) < 4.78 is 0. The molecule has 1 fully saturated rings. The summed E-state index contributed by atoms with van der Waals surface area (Å²) in [6, 6.07) is 11.9. The molecule has 144 valence electrons. The van der Waals surface area contributed by atoms with Gasteiger partial charge in [-0.2, -0.15) is 0 Å². The SMILES string of the molecule is CN(CC(=O)N1CCN(Cc2ccccc2CO)CC1)Cc1ccncc1. The number of carbonyl (C=O) groups excluding carboxylic acids is 1. The van der Waals surface area contributed by atoms with Crippen LogP contribution in [0.1, 0.15) is 16.7 Å². The molecule has 2 heterocycles. The highest BCUT2D eigenvalue weighted by atomic mass is 16.3. The van der Waals surface area contributed by atoms with Crippen LogP contribution in [0.25, 0.3) is 0 Å². The molecule has 1 aromatic carbocycles. The zero-order valence-corrected chi connectivity index (χ0v) is 15.9. The first kappa shape index (κ1) is 19.5. The summed E-state index contributed by atoms with van der Waals surface area (Å²) in [5, 5.41) is 9.47. The van der Waals surface area contributed by atoms with E-state index in [0.29, 0.717) is 6.54 Å². The average molecular weight is 368 g/mol. The predicted octanol–water partition coefficient (Wildman–Crippen LogP) is 1.35. The van der Waals surface area contributed by atoms with E-state index in [1.807, 2.05) is 47.2 Å². The average Bonchev–Trinajstić information content (AvgIpc) is 2.69. The number of piperazine rings is 1. The van der Waals surface area contributed by atoms with E-state index in [4.69, 9.17) is 0 Å². The van der Waals surface area contributed by atoms with Crippen molar-refractivity contribution in [3.05, 3.63) is 65.5 Å². The van der Waals surface area contributed by atoms with Crippen molar-refractivity contribution in [2.45, 2.75) is 19.7 Å². The van der Waals surface area contributed by atoms with Crippen molar-refractivity contribution in [1.29, 1.82) is 0 Å². The number of pyridine rings is 1. The molecule has 3 rings (SSSR count). The lowest BCUT2D eigenvalue weighted by molar-refractivity contribution is -0.134. The second-order valence-electron chi connectivity index (χ2n) is 7.11. The van der Waals surface area contributed by atoms with E-state index in [9.17, 15) is 9.90 Å². The number of aliphatic hydroxyl groups excluding tert-OH is 1. The summed E-state index contributed by atoms with van der Waals surface area (Å²) in [6.07, 6.45) is 3.55. The van der Waals surface area contributed by atoms with Crippen LogP contribution >= 0.6 is 0 Å². The summed E-state index contributed by atoms with van der Waals surface area (Å²) in [6.45, 7) is 5.28. The van der Waals surface area contributed by atoms with Gasteiger partial charge in [-0.25, -0.2) is 0 Å². The quantitative estimate of drug-likeness (QED) is 0.799. The number of aromatic nitrogens is 1. The van der Waals surface area contributed by atoms with Crippen molar-refractivity contribution in [1.82, 2.24) is 19.7 Å². The van der Waals surface area contributed by atoms with Gasteiger partial charge in [-0.3, -0.25) is 19.6 Å². The second-order valence-corrected chi connectivity index (χ2v) is 7.11. The van der Waals surface area contributed by atoms with E-state index >= 15 is 0 Å². The number of benzene rings is 1. The molecular formula is C21H28N4O2. The Morgan fingerprint density at radius 2 is 1.74 bits per heavy atom. The van der Waals surface area contributed by atoms with Crippen LogP contribution in [0.3, 0.4) is 0 Å². The van der Waals surface area contributed by atoms with Gasteiger partial charge in [0.05, 0.1) is 13.2 Å². The van der Waals surface area contributed by atoms with Gasteiger partial charge in [-0.1, -0.05) is 24.3 Å². The Morgan fingerprint density at radius 1 is 1.07 bits per heavy atom. The summed E-state index contributed by atoms with van der Waals surface area (Å²) in [5.74, 6) is 0.182. The summed E-state index contributed by atoms with van der Waals surface area (Å²) in [7, 11) is 1.97. The normalized spacial score (nSPS) is 15.3. The number of hydrogen-bond donors (Lipinski definition) is 1. The van der Waals surface area contributed by atoms with E-state index < -0.39 is 0 Å². The molecule has 1 N–H and O–H groups in total. The van der Waals surface area contributed by atoms with E-state index in [1.54, 1.807) is 12.4 Å². The van der Waals surface area contributed by atoms with Gasteiger partial charge in [0.25, 0.3) is 0 Å². The first-order chi connectivity index (χ1) is 13.2. The van der Waals surface area contributed by atoms with Gasteiger partial charge in [0.15, 0.2) is 0 Å². The summed E-state index contributed by atoms with van der Waals surface area (Å²) in [4.78, 5) is 23.0. The topological polar surface area (TPSA) is 59.9 Å². The zero-order valence-electron chi connectivity index (χ0n) is 15.9. The monoisotopic (exact) mass is 368 g/mol. The molecule has 1 aliphatic heterocycles. The molecular weight excluding hydrogens is 340 g/mol. The molecule has 0 aliphatic carbocycles. The van der Waals surface area contributed by atoms with Gasteiger partial charge in [0, 0.05) is 51.7 Å². The van der Waals surface area contributed by atoms with Gasteiger partial charge in [0.1, 0.15) is 0 Å². The molecule has 0 spiro atoms. The number of carbonyl (C=O) groups is 1. The molecule has 6 nitrogen and oxygen atoms in total. The van der Waals surface area contributed by atoms with Crippen LogP contribution in [0, 0.1) is 0 Å². The van der Waals surface area contributed by atoms with E-state index in [-0.39, 0.29) is 12.5 Å². The van der Waals surface area contributed by atoms with Crippen LogP contribution in [0.5, 0.6) is 0 Å². The molecule has 1 saturated heterocycles. The van der Waals surface area contributed by atoms with Crippen LogP contribution in [0.4, 0.5) is 0 Å². The number of amides is 1. The van der Waals surface area contributed by atoms with Gasteiger partial charge in [-0.05, 0) is 35.9 Å². The molecule has 0 unspecified atom stereocenters. The molecule has 1 amide bonds. The van der Waals surface area contributed by atoms with Crippen molar-refractivity contribution < 1.29 is 9.90 Å². The van der Waals surface area contributed by atoms with Crippen molar-refractivity contribution in [3.8, 4) is 0 Å². The van der Waals surface area contributed by atoms with Gasteiger partial charge in [0.2, 0.25) is 5.91 Å². The minimum absolute atomic E-state index is 0.0679. The van der Waals surface area contributed by atoms with Crippen LogP contribution in [-0.4, -0.2) is 70.5 Å². The number of likely N-dealkylation sites (N-methyl/N-ethyl adjacent to an activating group) is 1. The third-order valence-corrected chi connectivity index (χ3v) is 5.01. The van der Waals surface area contributed by atoms with Crippen LogP contribution < -0.4 is 0 Å². The highest BCUT2D eigenvalue weighted by molar-refractivity contribution is 5.78. The smallest absolute Gasteiger partial charge is 0.236 e. The first-order valence-electron chi connectivity index (χ1n) is 9.41. The minimum Gasteiger partial charge on any atom is -0.392 e. The van der Waals surface area contributed by atoms with Crippen LogP contribution in [-0.2, 0) is 24.5 Å². The lowest BCUT2D eigenvalue weighted by Crippen LogP contribution is -2.50. The van der Waals surface area contributed by atoms with Crippen LogP contribution in [0.15, 0.2) is 48.8 Å². The van der Waals surface area contributed by atoms with E-state index in [1.165, 1.54) is 0 Å². The molecule has 27 heavy (non-hydrogen) atoms. The Kier molecular flexibility index (Phi) is 6.92. The fraction of sp³-hybridized carbons (Fsp3) is 0.429. The maximum Gasteiger partial charge on any atom is 0.236 e. The fourth-order valence-corrected chi connectivity index (χ4v) is 3.45. The standard InChI is InChI=1S/C21H28N4O2/c1-23(14-18-6-8-22-9-7-18)16-21(27)25-12-10-24(11-13-25)15-19-4-2-3-5-20(19)17-26/h2-9,26H,10-17H2,1H3. The molecule has 0 atom stereocenters. The van der Waals surface area contributed by atoms with Crippen molar-refractivity contribution in [3.63, 3.8) is 0 Å². The molecule has 0 radical (unpaired) electrons. The van der Waals surface area contributed by atoms with Crippen molar-refractivity contribution in [2.24, 2.45) is 0 Å². The Labute approximate surface area is 161 Å². The third-order valence-electron chi connectivity index (χ3n) is 5.01. The maximum absolute atomic E-state index is 12.6. The molecule has 1 aliphatic rings. The van der Waals surface area contributed by atoms with E-state index in [0.717, 1.165) is 56.0 Å². The molecule has 6 heteroatoms. The highest BCUT2D eigenvalue weighted by Crippen LogP contribution is 2.14. The lowest BCUT2D eigenvalue weighted by atomic mass is 10.1. The fourth-order valence-electron chi connectivity index (χ4n) is 3.45. The van der Waals surface area contributed by atoms with Crippen molar-refractivity contribution in [2.75, 3.05) is 39.8 Å². The number of hydrogen-bond acceptors (Lipinski definition) is 5. The molecule has 2 aromatic rings. The molecule has 1 aromatic heterocycles. The van der Waals surface area contributed by atoms with Crippen molar-refractivity contribution >= 4 is 5.91 Å². The second kappa shape index (κ2) is 9.60. The Morgan fingerprint density at radius 3 is 2.41 bits per heavy atom. The summed E-state index contributed by atoms with van der Waals surface area (Å²) in [5.41, 5.74) is 3.30. The van der Waals surface area contributed by atoms with Gasteiger partial charge < -0.3 is 10.0 Å². The lowest BCUT2D eigenvalue weighted by Gasteiger charge is -2.35. The number of nitrogens with zero attached hydrogens (tertiary/aromatic N) is 4. The third kappa shape index (κ3) is 5.60. The number of aliphatic hydroxyl groups is 1. The number of rotatable bonds is 7. The maximum atomic E-state index is 12.6. The Bertz CT molecular complexity index is 730. The highest BCUT2D eigenvalue weighted by Gasteiger charge is 2.22. The summed E-state index contributed by atoms with van der Waals surface area (Å²) >= 11 is 0. The zero-order chi connectivity index (χ0) is 19.1. The van der Waals surface area contributed by atoms with Gasteiger partial charge >= 0.3 is 0 Å². The van der Waals surface area contributed by atoms with Crippen LogP contribution in [0.2, 0.25) is 0 Å². The largest absolute Gasteiger partial charge is 0.392 e. The first-order valence-corrected chi connectivity index (χ1v) is 9.41. The Balaban J connectivity index is 1.45. The van der Waals surface area contributed by atoms with Gasteiger partial charge in [-0.15, -0.1) is 0 Å².